The number of nitrogens with zero attached hydrogens (tertiary/aromatic N) is 1. The molecule has 0 aromatic heterocycles. The predicted molar refractivity (Wildman–Crippen MR) is 83.9 cm³/mol. The fourth-order valence-corrected chi connectivity index (χ4v) is 1.78. The number of carbonyl (C=O) groups is 2. The quantitative estimate of drug-likeness (QED) is 0.846. The van der Waals surface area contributed by atoms with E-state index < -0.39 is 18.5 Å². The van der Waals surface area contributed by atoms with E-state index >= 15 is 0 Å². The van der Waals surface area contributed by atoms with Crippen molar-refractivity contribution in [2.45, 2.75) is 27.2 Å². The number of urea groups is 1. The van der Waals surface area contributed by atoms with Crippen molar-refractivity contribution < 1.29 is 14.7 Å². The summed E-state index contributed by atoms with van der Waals surface area (Å²) in [5, 5.41) is 12.2. The van der Waals surface area contributed by atoms with E-state index in [1.165, 1.54) is 4.90 Å². The molecule has 0 heterocycles. The van der Waals surface area contributed by atoms with Crippen LogP contribution in [0.4, 0.5) is 10.5 Å². The van der Waals surface area contributed by atoms with Crippen LogP contribution in [0.5, 0.6) is 0 Å². The summed E-state index contributed by atoms with van der Waals surface area (Å²) in [6.07, 6.45) is 0.906. The summed E-state index contributed by atoms with van der Waals surface area (Å²) in [6, 6.07) is 6.12. The van der Waals surface area contributed by atoms with Gasteiger partial charge < -0.3 is 10.4 Å². The zero-order valence-corrected chi connectivity index (χ0v) is 13.3. The van der Waals surface area contributed by atoms with Crippen molar-refractivity contribution >= 4 is 29.3 Å². The van der Waals surface area contributed by atoms with Crippen molar-refractivity contribution in [3.05, 3.63) is 29.3 Å². The Labute approximate surface area is 129 Å². The number of benzene rings is 1. The molecule has 21 heavy (non-hydrogen) atoms. The number of carbonyl (C=O) groups excluding carboxylic acids is 1. The van der Waals surface area contributed by atoms with E-state index in [-0.39, 0.29) is 5.41 Å². The van der Waals surface area contributed by atoms with Gasteiger partial charge >= 0.3 is 12.0 Å². The third-order valence-electron chi connectivity index (χ3n) is 3.33. The number of aliphatic carboxylic acids is 1. The number of nitrogens with one attached hydrogen (secondary N) is 1. The maximum Gasteiger partial charge on any atom is 0.323 e. The first kappa shape index (κ1) is 17.3. The van der Waals surface area contributed by atoms with Gasteiger partial charge in [0.15, 0.2) is 0 Å². The molecule has 1 aromatic carbocycles. The van der Waals surface area contributed by atoms with Crippen LogP contribution in [0.25, 0.3) is 0 Å². The van der Waals surface area contributed by atoms with Crippen LogP contribution in [0, 0.1) is 5.41 Å². The van der Waals surface area contributed by atoms with E-state index in [1.807, 2.05) is 20.8 Å². The molecular formula is C15H21ClN2O3. The Morgan fingerprint density at radius 2 is 2.05 bits per heavy atom. The highest BCUT2D eigenvalue weighted by molar-refractivity contribution is 6.30. The molecule has 0 radical (unpaired) electrons. The number of carboxylic acid groups (broad SMARTS) is 1. The van der Waals surface area contributed by atoms with Gasteiger partial charge in [-0.25, -0.2) is 4.79 Å². The summed E-state index contributed by atoms with van der Waals surface area (Å²) in [7, 11) is 0. The third-order valence-corrected chi connectivity index (χ3v) is 3.57. The highest BCUT2D eigenvalue weighted by Gasteiger charge is 2.22. The fourth-order valence-electron chi connectivity index (χ4n) is 1.59. The molecule has 0 saturated carbocycles. The Bertz CT molecular complexity index is 517. The summed E-state index contributed by atoms with van der Waals surface area (Å²) < 4.78 is 0. The van der Waals surface area contributed by atoms with Crippen LogP contribution in [0.15, 0.2) is 24.3 Å². The van der Waals surface area contributed by atoms with Crippen molar-refractivity contribution in [1.29, 1.82) is 0 Å². The molecule has 0 aliphatic rings. The number of halogens is 1. The maximum atomic E-state index is 12.3. The standard InChI is InChI=1S/C15H21ClN2O3/c1-4-15(2,3)10-17-14(21)18(9-13(19)20)12-7-5-6-11(16)8-12/h5-8H,4,9-10H2,1-3H3,(H,17,21)(H,19,20). The number of hydrogen-bond acceptors (Lipinski definition) is 2. The van der Waals surface area contributed by atoms with Crippen molar-refractivity contribution in [3.8, 4) is 0 Å². The molecule has 0 aliphatic heterocycles. The molecule has 0 saturated heterocycles. The lowest BCUT2D eigenvalue weighted by atomic mass is 9.90. The second-order valence-corrected chi connectivity index (χ2v) is 6.07. The second-order valence-electron chi connectivity index (χ2n) is 5.64. The van der Waals surface area contributed by atoms with Crippen LogP contribution in [0.1, 0.15) is 27.2 Å². The van der Waals surface area contributed by atoms with Crippen LogP contribution in [0.3, 0.4) is 0 Å². The first-order valence-electron chi connectivity index (χ1n) is 6.78. The van der Waals surface area contributed by atoms with Crippen molar-refractivity contribution in [2.75, 3.05) is 18.0 Å². The molecule has 6 heteroatoms. The lowest BCUT2D eigenvalue weighted by molar-refractivity contribution is -0.135. The average Bonchev–Trinajstić information content (AvgIpc) is 2.42. The maximum absolute atomic E-state index is 12.3. The molecule has 0 fully saturated rings. The van der Waals surface area contributed by atoms with Gasteiger partial charge in [-0.3, -0.25) is 9.69 Å². The monoisotopic (exact) mass is 312 g/mol. The topological polar surface area (TPSA) is 69.6 Å². The lowest BCUT2D eigenvalue weighted by Gasteiger charge is -2.26. The number of anilines is 1. The molecule has 0 aliphatic carbocycles. The van der Waals surface area contributed by atoms with Crippen LogP contribution in [-0.2, 0) is 4.79 Å². The summed E-state index contributed by atoms with van der Waals surface area (Å²) >= 11 is 5.90. The van der Waals surface area contributed by atoms with Gasteiger partial charge in [0.25, 0.3) is 0 Å². The Kier molecular flexibility index (Phi) is 6.03. The first-order valence-corrected chi connectivity index (χ1v) is 7.15. The Balaban J connectivity index is 2.87. The van der Waals surface area contributed by atoms with Crippen molar-refractivity contribution in [1.82, 2.24) is 5.32 Å². The van der Waals surface area contributed by atoms with E-state index in [2.05, 4.69) is 5.32 Å². The smallest absolute Gasteiger partial charge is 0.323 e. The Morgan fingerprint density at radius 1 is 1.38 bits per heavy atom. The minimum absolute atomic E-state index is 0.0428. The highest BCUT2D eigenvalue weighted by atomic mass is 35.5. The molecule has 0 spiro atoms. The second kappa shape index (κ2) is 7.31. The van der Waals surface area contributed by atoms with Crippen molar-refractivity contribution in [2.24, 2.45) is 5.41 Å². The molecule has 2 amide bonds. The van der Waals surface area contributed by atoms with E-state index in [4.69, 9.17) is 16.7 Å². The van der Waals surface area contributed by atoms with Crippen LogP contribution in [0.2, 0.25) is 5.02 Å². The third kappa shape index (κ3) is 5.63. The average molecular weight is 313 g/mol. The van der Waals surface area contributed by atoms with Gasteiger partial charge in [0.05, 0.1) is 0 Å². The number of carboxylic acids is 1. The molecule has 0 atom stereocenters. The molecule has 1 rings (SSSR count). The summed E-state index contributed by atoms with van der Waals surface area (Å²) in [4.78, 5) is 24.4. The van der Waals surface area contributed by atoms with Gasteiger partial charge in [-0.15, -0.1) is 0 Å². The minimum Gasteiger partial charge on any atom is -0.480 e. The molecule has 0 unspecified atom stereocenters. The minimum atomic E-state index is -1.08. The Hall–Kier alpha value is -1.75. The van der Waals surface area contributed by atoms with Gasteiger partial charge in [0.1, 0.15) is 6.54 Å². The van der Waals surface area contributed by atoms with E-state index in [0.717, 1.165) is 6.42 Å². The van der Waals surface area contributed by atoms with Crippen molar-refractivity contribution in [3.63, 3.8) is 0 Å². The van der Waals surface area contributed by atoms with Crippen LogP contribution in [-0.4, -0.2) is 30.2 Å². The number of rotatable bonds is 6. The van der Waals surface area contributed by atoms with E-state index in [1.54, 1.807) is 24.3 Å². The van der Waals surface area contributed by atoms with Gasteiger partial charge in [-0.2, -0.15) is 0 Å². The molecule has 1 aromatic rings. The highest BCUT2D eigenvalue weighted by Crippen LogP contribution is 2.21. The van der Waals surface area contributed by atoms with Gasteiger partial charge in [0, 0.05) is 17.3 Å². The molecular weight excluding hydrogens is 292 g/mol. The summed E-state index contributed by atoms with van der Waals surface area (Å²) in [6.45, 7) is 6.16. The summed E-state index contributed by atoms with van der Waals surface area (Å²) in [5.74, 6) is -1.08. The molecule has 116 valence electrons. The SMILES string of the molecule is CCC(C)(C)CNC(=O)N(CC(=O)O)c1cccc(Cl)c1. The molecule has 2 N–H and O–H groups in total. The number of hydrogen-bond donors (Lipinski definition) is 2. The van der Waals surface area contributed by atoms with E-state index in [0.29, 0.717) is 17.3 Å². The predicted octanol–water partition coefficient (Wildman–Crippen LogP) is 3.38. The van der Waals surface area contributed by atoms with Gasteiger partial charge in [-0.05, 0) is 30.0 Å². The number of amides is 2. The fraction of sp³-hybridized carbons (Fsp3) is 0.467. The van der Waals surface area contributed by atoms with E-state index in [9.17, 15) is 9.59 Å². The zero-order chi connectivity index (χ0) is 16.0. The zero-order valence-electron chi connectivity index (χ0n) is 12.5. The molecule has 5 nitrogen and oxygen atoms in total. The lowest BCUT2D eigenvalue weighted by Crippen LogP contribution is -2.45. The summed E-state index contributed by atoms with van der Waals surface area (Å²) in [5.41, 5.74) is 0.413. The largest absolute Gasteiger partial charge is 0.480 e. The van der Waals surface area contributed by atoms with Gasteiger partial charge in [0.2, 0.25) is 0 Å². The first-order chi connectivity index (χ1) is 9.75. The normalized spacial score (nSPS) is 11.0. The van der Waals surface area contributed by atoms with Crippen LogP contribution >= 0.6 is 11.6 Å². The van der Waals surface area contributed by atoms with Gasteiger partial charge in [-0.1, -0.05) is 38.4 Å². The van der Waals surface area contributed by atoms with Crippen LogP contribution < -0.4 is 10.2 Å². The Morgan fingerprint density at radius 3 is 2.57 bits per heavy atom. The molecule has 0 bridgehead atoms.